The van der Waals surface area contributed by atoms with Gasteiger partial charge < -0.3 is 10.6 Å². The SMILES string of the molecule is C=CC(=O)NC1CCN(S(=O)(=O)c2ccc(C(=O)NCCC34CC5CC(CC(C5)C3)C4)cc2)C2(CCC2)C1. The van der Waals surface area contributed by atoms with Gasteiger partial charge in [0.05, 0.1) is 4.90 Å². The summed E-state index contributed by atoms with van der Waals surface area (Å²) in [5.41, 5.74) is 0.488. The van der Waals surface area contributed by atoms with Gasteiger partial charge in [-0.25, -0.2) is 8.42 Å². The van der Waals surface area contributed by atoms with Crippen molar-refractivity contribution >= 4 is 21.8 Å². The van der Waals surface area contributed by atoms with Crippen molar-refractivity contribution < 1.29 is 18.0 Å². The van der Waals surface area contributed by atoms with Crippen LogP contribution in [0.4, 0.5) is 0 Å². The molecular formula is C30H41N3O4S. The van der Waals surface area contributed by atoms with E-state index in [-0.39, 0.29) is 22.8 Å². The minimum absolute atomic E-state index is 0.0447. The number of amides is 2. The van der Waals surface area contributed by atoms with Crippen LogP contribution in [0.15, 0.2) is 41.8 Å². The van der Waals surface area contributed by atoms with Crippen LogP contribution in [0.2, 0.25) is 0 Å². The van der Waals surface area contributed by atoms with Crippen LogP contribution in [0.5, 0.6) is 0 Å². The first kappa shape index (κ1) is 26.1. The largest absolute Gasteiger partial charge is 0.352 e. The molecule has 1 aliphatic heterocycles. The van der Waals surface area contributed by atoms with E-state index in [1.54, 1.807) is 28.6 Å². The number of sulfonamides is 1. The molecule has 4 bridgehead atoms. The molecule has 1 aromatic rings. The van der Waals surface area contributed by atoms with Crippen molar-refractivity contribution in [2.24, 2.45) is 23.2 Å². The van der Waals surface area contributed by atoms with E-state index in [1.165, 1.54) is 44.6 Å². The zero-order chi connectivity index (χ0) is 26.5. The molecule has 5 aliphatic carbocycles. The summed E-state index contributed by atoms with van der Waals surface area (Å²) in [7, 11) is -3.70. The lowest BCUT2D eigenvalue weighted by atomic mass is 9.49. The van der Waals surface area contributed by atoms with Gasteiger partial charge in [0.15, 0.2) is 0 Å². The van der Waals surface area contributed by atoms with Gasteiger partial charge in [-0.3, -0.25) is 9.59 Å². The number of carbonyl (C=O) groups is 2. The van der Waals surface area contributed by atoms with Gasteiger partial charge in [0, 0.05) is 30.2 Å². The number of benzene rings is 1. The van der Waals surface area contributed by atoms with E-state index in [0.717, 1.165) is 43.4 Å². The summed E-state index contributed by atoms with van der Waals surface area (Å²) in [6.07, 6.45) is 14.4. The highest BCUT2D eigenvalue weighted by atomic mass is 32.2. The van der Waals surface area contributed by atoms with Crippen LogP contribution in [0, 0.1) is 23.2 Å². The fourth-order valence-electron chi connectivity index (χ4n) is 9.01. The molecule has 1 atom stereocenters. The number of nitrogens with zero attached hydrogens (tertiary/aromatic N) is 1. The molecule has 2 amide bonds. The van der Waals surface area contributed by atoms with Crippen LogP contribution in [0.3, 0.4) is 0 Å². The van der Waals surface area contributed by atoms with E-state index in [1.807, 2.05) is 0 Å². The van der Waals surface area contributed by atoms with E-state index in [0.29, 0.717) is 36.9 Å². The number of carbonyl (C=O) groups excluding carboxylic acids is 2. The molecule has 1 heterocycles. The maximum Gasteiger partial charge on any atom is 0.251 e. The van der Waals surface area contributed by atoms with Gasteiger partial charge in [-0.2, -0.15) is 4.31 Å². The second-order valence-electron chi connectivity index (χ2n) is 13.0. The average molecular weight is 540 g/mol. The van der Waals surface area contributed by atoms with Gasteiger partial charge in [0.2, 0.25) is 15.9 Å². The summed E-state index contributed by atoms with van der Waals surface area (Å²) in [5, 5.41) is 6.07. The van der Waals surface area contributed by atoms with Crippen molar-refractivity contribution in [3.8, 4) is 0 Å². The minimum atomic E-state index is -3.70. The highest BCUT2D eigenvalue weighted by Crippen LogP contribution is 2.61. The third-order valence-electron chi connectivity index (χ3n) is 10.5. The zero-order valence-corrected chi connectivity index (χ0v) is 23.1. The summed E-state index contributed by atoms with van der Waals surface area (Å²) in [6.45, 7) is 4.57. The summed E-state index contributed by atoms with van der Waals surface area (Å²) in [5.74, 6) is 2.37. The third kappa shape index (κ3) is 4.72. The lowest BCUT2D eigenvalue weighted by molar-refractivity contribution is -0.117. The Hall–Kier alpha value is -2.19. The standard InChI is InChI=1S/C30H41N3O4S/c1-2-27(34)32-25-8-13-33(30(20-25)9-3-10-30)38(36,37)26-6-4-24(5-7-26)28(35)31-12-11-29-17-21-14-22(18-29)16-23(15-21)19-29/h2,4-7,21-23,25H,1,3,8-20H2,(H,31,35)(H,32,34). The van der Waals surface area contributed by atoms with E-state index < -0.39 is 15.6 Å². The Bertz CT molecular complexity index is 1170. The van der Waals surface area contributed by atoms with E-state index >= 15 is 0 Å². The number of nitrogens with one attached hydrogen (secondary N) is 2. The molecule has 8 heteroatoms. The van der Waals surface area contributed by atoms with Gasteiger partial charge in [0.1, 0.15) is 0 Å². The van der Waals surface area contributed by atoms with Gasteiger partial charge >= 0.3 is 0 Å². The molecule has 1 unspecified atom stereocenters. The first-order chi connectivity index (χ1) is 18.2. The highest BCUT2D eigenvalue weighted by molar-refractivity contribution is 7.89. The molecule has 38 heavy (non-hydrogen) atoms. The molecule has 2 N–H and O–H groups in total. The zero-order valence-electron chi connectivity index (χ0n) is 22.3. The smallest absolute Gasteiger partial charge is 0.251 e. The van der Waals surface area contributed by atoms with Crippen LogP contribution >= 0.6 is 0 Å². The fourth-order valence-corrected chi connectivity index (χ4v) is 10.9. The third-order valence-corrected chi connectivity index (χ3v) is 12.5. The molecular weight excluding hydrogens is 498 g/mol. The molecule has 6 fully saturated rings. The van der Waals surface area contributed by atoms with Crippen molar-refractivity contribution in [2.45, 2.75) is 93.5 Å². The van der Waals surface area contributed by atoms with Gasteiger partial charge in [-0.15, -0.1) is 0 Å². The maximum absolute atomic E-state index is 13.7. The summed E-state index contributed by atoms with van der Waals surface area (Å²) >= 11 is 0. The van der Waals surface area contributed by atoms with E-state index in [4.69, 9.17) is 0 Å². The monoisotopic (exact) mass is 539 g/mol. The molecule has 1 spiro atoms. The first-order valence-corrected chi connectivity index (χ1v) is 16.0. The average Bonchev–Trinajstić information content (AvgIpc) is 2.86. The van der Waals surface area contributed by atoms with Crippen LogP contribution < -0.4 is 10.6 Å². The fraction of sp³-hybridized carbons (Fsp3) is 0.667. The number of hydrogen-bond acceptors (Lipinski definition) is 4. The van der Waals surface area contributed by atoms with E-state index in [9.17, 15) is 18.0 Å². The molecule has 5 saturated carbocycles. The number of rotatable bonds is 8. The molecule has 6 aliphatic rings. The van der Waals surface area contributed by atoms with Crippen LogP contribution in [-0.2, 0) is 14.8 Å². The van der Waals surface area contributed by atoms with Crippen molar-refractivity contribution in [2.75, 3.05) is 13.1 Å². The molecule has 0 radical (unpaired) electrons. The van der Waals surface area contributed by atoms with Crippen molar-refractivity contribution in [1.82, 2.24) is 14.9 Å². The van der Waals surface area contributed by atoms with Crippen LogP contribution in [-0.4, -0.2) is 49.2 Å². The van der Waals surface area contributed by atoms with Gasteiger partial charge in [-0.1, -0.05) is 6.58 Å². The summed E-state index contributed by atoms with van der Waals surface area (Å²) < 4.78 is 29.0. The van der Waals surface area contributed by atoms with Crippen molar-refractivity contribution in [1.29, 1.82) is 0 Å². The summed E-state index contributed by atoms with van der Waals surface area (Å²) in [4.78, 5) is 24.9. The molecule has 7 rings (SSSR count). The molecule has 1 saturated heterocycles. The van der Waals surface area contributed by atoms with Gasteiger partial charge in [-0.05, 0) is 131 Å². The highest BCUT2D eigenvalue weighted by Gasteiger charge is 2.52. The Morgan fingerprint density at radius 2 is 1.63 bits per heavy atom. The Kier molecular flexibility index (Phi) is 6.70. The van der Waals surface area contributed by atoms with Crippen LogP contribution in [0.25, 0.3) is 0 Å². The maximum atomic E-state index is 13.7. The Morgan fingerprint density at radius 3 is 2.18 bits per heavy atom. The van der Waals surface area contributed by atoms with Crippen LogP contribution in [0.1, 0.15) is 87.4 Å². The molecule has 7 nitrogen and oxygen atoms in total. The quantitative estimate of drug-likeness (QED) is 0.479. The minimum Gasteiger partial charge on any atom is -0.352 e. The Labute approximate surface area is 226 Å². The summed E-state index contributed by atoms with van der Waals surface area (Å²) in [6, 6.07) is 6.37. The predicted octanol–water partition coefficient (Wildman–Crippen LogP) is 4.40. The Balaban J connectivity index is 1.07. The van der Waals surface area contributed by atoms with Gasteiger partial charge in [0.25, 0.3) is 5.91 Å². The van der Waals surface area contributed by atoms with Crippen molar-refractivity contribution in [3.05, 3.63) is 42.5 Å². The Morgan fingerprint density at radius 1 is 1.00 bits per heavy atom. The topological polar surface area (TPSA) is 95.6 Å². The lowest BCUT2D eigenvalue weighted by Gasteiger charge is -2.57. The second kappa shape index (κ2) is 9.77. The number of piperidine rings is 1. The number of hydrogen-bond donors (Lipinski definition) is 2. The molecule has 0 aromatic heterocycles. The van der Waals surface area contributed by atoms with E-state index in [2.05, 4.69) is 17.2 Å². The second-order valence-corrected chi connectivity index (χ2v) is 14.9. The van der Waals surface area contributed by atoms with Crippen molar-refractivity contribution in [3.63, 3.8) is 0 Å². The normalized spacial score (nSPS) is 33.5. The molecule has 206 valence electrons. The lowest BCUT2D eigenvalue weighted by Crippen LogP contribution is -2.63. The predicted molar refractivity (Wildman–Crippen MR) is 146 cm³/mol. The first-order valence-electron chi connectivity index (χ1n) is 14.5. The molecule has 1 aromatic carbocycles.